The number of ether oxygens (including phenoxy) is 2. The van der Waals surface area contributed by atoms with E-state index in [1.54, 1.807) is 0 Å². The Kier molecular flexibility index (Phi) is 6.85. The predicted octanol–water partition coefficient (Wildman–Crippen LogP) is 2.19. The van der Waals surface area contributed by atoms with Crippen LogP contribution in [0.5, 0.6) is 11.5 Å². The lowest BCUT2D eigenvalue weighted by Crippen LogP contribution is -2.05. The third-order valence-corrected chi connectivity index (χ3v) is 2.75. The normalized spacial score (nSPS) is 10.1. The molecule has 0 aromatic heterocycles. The first-order chi connectivity index (χ1) is 7.88. The van der Waals surface area contributed by atoms with Crippen molar-refractivity contribution in [1.29, 1.82) is 0 Å². The van der Waals surface area contributed by atoms with Crippen molar-refractivity contribution in [3.05, 3.63) is 24.3 Å². The van der Waals surface area contributed by atoms with Crippen LogP contribution in [-0.2, 0) is 0 Å². The molecule has 0 aliphatic heterocycles. The van der Waals surface area contributed by atoms with Gasteiger partial charge in [-0.3, -0.25) is 0 Å². The maximum Gasteiger partial charge on any atom is 0.161 e. The van der Waals surface area contributed by atoms with E-state index in [9.17, 15) is 0 Å². The third-order valence-electron chi connectivity index (χ3n) is 1.89. The Morgan fingerprint density at radius 3 is 2.31 bits per heavy atom. The van der Waals surface area contributed by atoms with Gasteiger partial charge in [0.2, 0.25) is 0 Å². The molecule has 0 radical (unpaired) electrons. The highest BCUT2D eigenvalue weighted by molar-refractivity contribution is 7.99. The fraction of sp³-hybridized carbons (Fsp3) is 0.500. The first kappa shape index (κ1) is 13.2. The summed E-state index contributed by atoms with van der Waals surface area (Å²) in [4.78, 5) is 0. The van der Waals surface area contributed by atoms with Crippen LogP contribution < -0.4 is 9.47 Å². The maximum atomic E-state index is 8.70. The van der Waals surface area contributed by atoms with Crippen molar-refractivity contribution in [2.24, 2.45) is 0 Å². The molecule has 0 aliphatic rings. The number of hydrogen-bond acceptors (Lipinski definition) is 4. The largest absolute Gasteiger partial charge is 0.489 e. The highest BCUT2D eigenvalue weighted by atomic mass is 32.2. The molecule has 16 heavy (non-hydrogen) atoms. The van der Waals surface area contributed by atoms with Crippen molar-refractivity contribution in [2.45, 2.75) is 6.92 Å². The minimum atomic E-state index is 0.0139. The molecule has 0 spiro atoms. The topological polar surface area (TPSA) is 38.7 Å². The summed E-state index contributed by atoms with van der Waals surface area (Å²) >= 11 is 1.85. The number of hydrogen-bond donors (Lipinski definition) is 1. The maximum absolute atomic E-state index is 8.70. The van der Waals surface area contributed by atoms with Crippen molar-refractivity contribution in [3.8, 4) is 11.5 Å². The molecule has 1 rings (SSSR count). The molecule has 0 atom stereocenters. The van der Waals surface area contributed by atoms with Gasteiger partial charge in [-0.1, -0.05) is 19.1 Å². The van der Waals surface area contributed by atoms with Crippen LogP contribution in [0.15, 0.2) is 24.3 Å². The van der Waals surface area contributed by atoms with E-state index in [-0.39, 0.29) is 6.61 Å². The average molecular weight is 242 g/mol. The van der Waals surface area contributed by atoms with Crippen LogP contribution >= 0.6 is 11.8 Å². The Labute approximate surface area is 101 Å². The smallest absolute Gasteiger partial charge is 0.161 e. The second-order valence-electron chi connectivity index (χ2n) is 3.06. The van der Waals surface area contributed by atoms with Gasteiger partial charge in [-0.05, 0) is 17.9 Å². The molecule has 0 fully saturated rings. The van der Waals surface area contributed by atoms with E-state index in [0.717, 1.165) is 17.3 Å². The average Bonchev–Trinajstić information content (AvgIpc) is 2.33. The molecule has 0 saturated carbocycles. The summed E-state index contributed by atoms with van der Waals surface area (Å²) in [6, 6.07) is 7.52. The molecular formula is C12H18O3S. The van der Waals surface area contributed by atoms with E-state index in [1.807, 2.05) is 36.0 Å². The van der Waals surface area contributed by atoms with Crippen LogP contribution in [0.25, 0.3) is 0 Å². The van der Waals surface area contributed by atoms with Crippen molar-refractivity contribution in [2.75, 3.05) is 31.3 Å². The second kappa shape index (κ2) is 8.30. The van der Waals surface area contributed by atoms with Crippen LogP contribution in [0, 0.1) is 0 Å². The number of benzene rings is 1. The summed E-state index contributed by atoms with van der Waals surface area (Å²) in [5.41, 5.74) is 0. The number of aliphatic hydroxyl groups is 1. The Morgan fingerprint density at radius 1 is 1.12 bits per heavy atom. The standard InChI is InChI=1S/C12H18O3S/c1-2-16-10-9-15-12-6-4-3-5-11(12)14-8-7-13/h3-6,13H,2,7-10H2,1H3. The minimum Gasteiger partial charge on any atom is -0.489 e. The van der Waals surface area contributed by atoms with Gasteiger partial charge in [0.05, 0.1) is 13.2 Å². The molecule has 0 bridgehead atoms. The Bertz CT molecular complexity index is 291. The number of thioether (sulfide) groups is 1. The summed E-state index contributed by atoms with van der Waals surface area (Å²) in [7, 11) is 0. The van der Waals surface area contributed by atoms with E-state index in [4.69, 9.17) is 14.6 Å². The first-order valence-corrected chi connectivity index (χ1v) is 6.57. The Hall–Kier alpha value is -0.870. The second-order valence-corrected chi connectivity index (χ2v) is 4.46. The van der Waals surface area contributed by atoms with Gasteiger partial charge in [-0.25, -0.2) is 0 Å². The number of rotatable bonds is 8. The molecule has 0 unspecified atom stereocenters. The van der Waals surface area contributed by atoms with E-state index >= 15 is 0 Å². The molecule has 0 saturated heterocycles. The molecule has 90 valence electrons. The zero-order valence-corrected chi connectivity index (χ0v) is 10.3. The van der Waals surface area contributed by atoms with Gasteiger partial charge in [-0.15, -0.1) is 0 Å². The summed E-state index contributed by atoms with van der Waals surface area (Å²) in [6.45, 7) is 3.12. The van der Waals surface area contributed by atoms with Crippen LogP contribution in [0.1, 0.15) is 6.92 Å². The fourth-order valence-electron chi connectivity index (χ4n) is 1.20. The Balaban J connectivity index is 2.43. The zero-order valence-electron chi connectivity index (χ0n) is 9.52. The van der Waals surface area contributed by atoms with Gasteiger partial charge < -0.3 is 14.6 Å². The summed E-state index contributed by atoms with van der Waals surface area (Å²) in [5, 5.41) is 8.70. The third kappa shape index (κ3) is 4.77. The number of aliphatic hydroxyl groups excluding tert-OH is 1. The quantitative estimate of drug-likeness (QED) is 0.709. The molecule has 0 heterocycles. The highest BCUT2D eigenvalue weighted by Gasteiger charge is 2.03. The van der Waals surface area contributed by atoms with Crippen molar-refractivity contribution >= 4 is 11.8 Å². The Morgan fingerprint density at radius 2 is 1.75 bits per heavy atom. The number of para-hydroxylation sites is 2. The van der Waals surface area contributed by atoms with Crippen molar-refractivity contribution in [1.82, 2.24) is 0 Å². The lowest BCUT2D eigenvalue weighted by molar-refractivity contribution is 0.194. The van der Waals surface area contributed by atoms with E-state index in [1.165, 1.54) is 0 Å². The van der Waals surface area contributed by atoms with Crippen LogP contribution in [0.4, 0.5) is 0 Å². The molecule has 1 aromatic carbocycles. The van der Waals surface area contributed by atoms with Crippen LogP contribution in [0.2, 0.25) is 0 Å². The first-order valence-electron chi connectivity index (χ1n) is 5.41. The lowest BCUT2D eigenvalue weighted by Gasteiger charge is -2.11. The lowest BCUT2D eigenvalue weighted by atomic mass is 10.3. The highest BCUT2D eigenvalue weighted by Crippen LogP contribution is 2.26. The van der Waals surface area contributed by atoms with Gasteiger partial charge in [0.25, 0.3) is 0 Å². The summed E-state index contributed by atoms with van der Waals surface area (Å²) < 4.78 is 11.0. The van der Waals surface area contributed by atoms with Gasteiger partial charge in [0.1, 0.15) is 6.61 Å². The predicted molar refractivity (Wildman–Crippen MR) is 67.5 cm³/mol. The molecular weight excluding hydrogens is 224 g/mol. The molecule has 3 nitrogen and oxygen atoms in total. The van der Waals surface area contributed by atoms with Crippen LogP contribution in [0.3, 0.4) is 0 Å². The van der Waals surface area contributed by atoms with E-state index < -0.39 is 0 Å². The van der Waals surface area contributed by atoms with E-state index in [2.05, 4.69) is 6.92 Å². The van der Waals surface area contributed by atoms with Crippen molar-refractivity contribution in [3.63, 3.8) is 0 Å². The zero-order chi connectivity index (χ0) is 11.6. The summed E-state index contributed by atoms with van der Waals surface area (Å²) in [6.07, 6.45) is 0. The minimum absolute atomic E-state index is 0.0139. The molecule has 4 heteroatoms. The van der Waals surface area contributed by atoms with Gasteiger partial charge in [0, 0.05) is 5.75 Å². The van der Waals surface area contributed by atoms with Gasteiger partial charge in [-0.2, -0.15) is 11.8 Å². The van der Waals surface area contributed by atoms with Gasteiger partial charge >= 0.3 is 0 Å². The molecule has 0 aliphatic carbocycles. The van der Waals surface area contributed by atoms with Gasteiger partial charge in [0.15, 0.2) is 11.5 Å². The van der Waals surface area contributed by atoms with E-state index in [0.29, 0.717) is 19.0 Å². The molecule has 1 aromatic rings. The van der Waals surface area contributed by atoms with Crippen molar-refractivity contribution < 1.29 is 14.6 Å². The fourth-order valence-corrected chi connectivity index (χ4v) is 1.69. The monoisotopic (exact) mass is 242 g/mol. The summed E-state index contributed by atoms with van der Waals surface area (Å²) in [5.74, 6) is 3.52. The molecule has 0 amide bonds. The molecule has 1 N–H and O–H groups in total. The SMILES string of the molecule is CCSCCOc1ccccc1OCCO. The van der Waals surface area contributed by atoms with Crippen LogP contribution in [-0.4, -0.2) is 36.4 Å².